The van der Waals surface area contributed by atoms with Crippen molar-refractivity contribution in [2.75, 3.05) is 5.32 Å². The van der Waals surface area contributed by atoms with Crippen molar-refractivity contribution in [1.29, 1.82) is 0 Å². The summed E-state index contributed by atoms with van der Waals surface area (Å²) in [5.41, 5.74) is 6.80. The number of hydrogen-bond donors (Lipinski definition) is 1. The average Bonchev–Trinajstić information content (AvgIpc) is 3.24. The van der Waals surface area contributed by atoms with Gasteiger partial charge in [-0.25, -0.2) is 14.5 Å². The molecule has 0 atom stereocenters. The Balaban J connectivity index is 1.48. The second-order valence-corrected chi connectivity index (χ2v) is 7.26. The summed E-state index contributed by atoms with van der Waals surface area (Å²) < 4.78 is 3.74. The van der Waals surface area contributed by atoms with E-state index in [2.05, 4.69) is 20.4 Å². The van der Waals surface area contributed by atoms with Crippen LogP contribution in [0.5, 0.6) is 0 Å². The maximum absolute atomic E-state index is 12.6. The van der Waals surface area contributed by atoms with E-state index in [-0.39, 0.29) is 5.91 Å². The first kappa shape index (κ1) is 18.9. The third kappa shape index (κ3) is 3.63. The number of carbonyl (C=O) groups excluding carboxylic acids is 1. The molecule has 1 N–H and O–H groups in total. The van der Waals surface area contributed by atoms with E-state index in [0.29, 0.717) is 18.8 Å². The Morgan fingerprint density at radius 1 is 1.14 bits per heavy atom. The van der Waals surface area contributed by atoms with E-state index < -0.39 is 0 Å². The number of fused-ring (bicyclic) bond motifs is 1. The van der Waals surface area contributed by atoms with Crippen molar-refractivity contribution in [3.63, 3.8) is 0 Å². The Kier molecular flexibility index (Phi) is 4.88. The molecule has 3 aromatic heterocycles. The van der Waals surface area contributed by atoms with Gasteiger partial charge in [0, 0.05) is 30.9 Å². The van der Waals surface area contributed by atoms with Crippen molar-refractivity contribution < 1.29 is 4.79 Å². The molecule has 0 unspecified atom stereocenters. The van der Waals surface area contributed by atoms with Gasteiger partial charge in [0.25, 0.3) is 0 Å². The summed E-state index contributed by atoms with van der Waals surface area (Å²) in [6.07, 6.45) is 2.72. The Morgan fingerprint density at radius 3 is 2.66 bits per heavy atom. The zero-order valence-electron chi connectivity index (χ0n) is 17.1. The molecule has 0 saturated heterocycles. The molecular formula is C22H24N6O. The molecule has 7 nitrogen and oxygen atoms in total. The van der Waals surface area contributed by atoms with Gasteiger partial charge in [0.2, 0.25) is 11.9 Å². The summed E-state index contributed by atoms with van der Waals surface area (Å²) >= 11 is 0. The quantitative estimate of drug-likeness (QED) is 0.566. The van der Waals surface area contributed by atoms with Gasteiger partial charge in [-0.2, -0.15) is 5.10 Å². The molecule has 0 aliphatic rings. The molecule has 1 amide bonds. The monoisotopic (exact) mass is 388 g/mol. The highest BCUT2D eigenvalue weighted by atomic mass is 16.1. The third-order valence-electron chi connectivity index (χ3n) is 5.20. The number of rotatable bonds is 5. The number of nitrogens with one attached hydrogen (secondary N) is 1. The van der Waals surface area contributed by atoms with Gasteiger partial charge in [0.15, 0.2) is 5.65 Å². The molecule has 0 radical (unpaired) electrons. The molecule has 3 heterocycles. The number of hydrogen-bond acceptors (Lipinski definition) is 4. The lowest BCUT2D eigenvalue weighted by atomic mass is 10.1. The molecule has 0 fully saturated rings. The molecule has 0 bridgehead atoms. The van der Waals surface area contributed by atoms with Crippen LogP contribution in [-0.2, 0) is 18.3 Å². The predicted molar refractivity (Wildman–Crippen MR) is 113 cm³/mol. The molecule has 29 heavy (non-hydrogen) atoms. The van der Waals surface area contributed by atoms with Crippen molar-refractivity contribution >= 4 is 17.5 Å². The van der Waals surface area contributed by atoms with Crippen LogP contribution < -0.4 is 5.32 Å². The van der Waals surface area contributed by atoms with Gasteiger partial charge in [-0.05, 0) is 38.3 Å². The van der Waals surface area contributed by atoms with E-state index in [1.807, 2.05) is 73.3 Å². The van der Waals surface area contributed by atoms with Crippen molar-refractivity contribution in [3.8, 4) is 11.3 Å². The predicted octanol–water partition coefficient (Wildman–Crippen LogP) is 3.63. The minimum absolute atomic E-state index is 0.0751. The Hall–Kier alpha value is -3.48. The lowest BCUT2D eigenvalue weighted by Crippen LogP contribution is -2.16. The van der Waals surface area contributed by atoms with E-state index in [4.69, 9.17) is 0 Å². The average molecular weight is 388 g/mol. The third-order valence-corrected chi connectivity index (χ3v) is 5.20. The largest absolute Gasteiger partial charge is 0.313 e. The minimum Gasteiger partial charge on any atom is -0.313 e. The molecule has 0 aliphatic carbocycles. The zero-order chi connectivity index (χ0) is 20.5. The Labute approximate surface area is 169 Å². The maximum Gasteiger partial charge on any atom is 0.227 e. The number of imidazole rings is 1. The van der Waals surface area contributed by atoms with Crippen LogP contribution in [0.2, 0.25) is 0 Å². The van der Waals surface area contributed by atoms with Crippen molar-refractivity contribution in [2.24, 2.45) is 7.05 Å². The maximum atomic E-state index is 12.6. The number of aryl methyl sites for hydroxylation is 3. The number of nitrogens with zero attached hydrogens (tertiary/aromatic N) is 5. The van der Waals surface area contributed by atoms with Gasteiger partial charge < -0.3 is 4.57 Å². The van der Waals surface area contributed by atoms with Crippen LogP contribution in [0, 0.1) is 20.8 Å². The second kappa shape index (κ2) is 7.50. The molecule has 4 aromatic rings. The fraction of sp³-hybridized carbons (Fsp3) is 0.273. The van der Waals surface area contributed by atoms with Gasteiger partial charge in [0.1, 0.15) is 0 Å². The standard InChI is InChI=1S/C22H24N6O/c1-14-12-20-24-15(2)18(16(3)28(20)26-14)10-11-21(29)25-22-23-13-19(27(22)4)17-8-6-5-7-9-17/h5-9,12-13H,10-11H2,1-4H3,(H,23,25,29). The highest BCUT2D eigenvalue weighted by Crippen LogP contribution is 2.22. The summed E-state index contributed by atoms with van der Waals surface area (Å²) in [5.74, 6) is 0.465. The molecule has 0 spiro atoms. The van der Waals surface area contributed by atoms with Crippen LogP contribution >= 0.6 is 0 Å². The molecular weight excluding hydrogens is 364 g/mol. The van der Waals surface area contributed by atoms with Crippen molar-refractivity contribution in [3.05, 3.63) is 65.2 Å². The van der Waals surface area contributed by atoms with Gasteiger partial charge >= 0.3 is 0 Å². The fourth-order valence-corrected chi connectivity index (χ4v) is 3.63. The van der Waals surface area contributed by atoms with Crippen LogP contribution in [0.4, 0.5) is 5.95 Å². The van der Waals surface area contributed by atoms with E-state index in [0.717, 1.165) is 39.5 Å². The normalized spacial score (nSPS) is 11.2. The summed E-state index contributed by atoms with van der Waals surface area (Å²) in [4.78, 5) is 21.6. The van der Waals surface area contributed by atoms with Gasteiger partial charge in [-0.1, -0.05) is 30.3 Å². The van der Waals surface area contributed by atoms with Gasteiger partial charge in [-0.3, -0.25) is 10.1 Å². The second-order valence-electron chi connectivity index (χ2n) is 7.26. The highest BCUT2D eigenvalue weighted by Gasteiger charge is 2.15. The number of anilines is 1. The molecule has 148 valence electrons. The molecule has 1 aromatic carbocycles. The smallest absolute Gasteiger partial charge is 0.227 e. The molecule has 0 aliphatic heterocycles. The lowest BCUT2D eigenvalue weighted by Gasteiger charge is -2.11. The van der Waals surface area contributed by atoms with Crippen molar-refractivity contribution in [2.45, 2.75) is 33.6 Å². The first-order chi connectivity index (χ1) is 13.9. The summed E-state index contributed by atoms with van der Waals surface area (Å²) in [6, 6.07) is 11.9. The Morgan fingerprint density at radius 2 is 1.90 bits per heavy atom. The van der Waals surface area contributed by atoms with Crippen LogP contribution in [0.25, 0.3) is 16.9 Å². The van der Waals surface area contributed by atoms with E-state index in [1.165, 1.54) is 0 Å². The Bertz CT molecular complexity index is 1190. The van der Waals surface area contributed by atoms with E-state index in [1.54, 1.807) is 6.20 Å². The fourth-order valence-electron chi connectivity index (χ4n) is 3.63. The number of amides is 1. The van der Waals surface area contributed by atoms with Crippen LogP contribution in [0.1, 0.15) is 29.1 Å². The van der Waals surface area contributed by atoms with Gasteiger partial charge in [-0.15, -0.1) is 0 Å². The van der Waals surface area contributed by atoms with Crippen LogP contribution in [0.15, 0.2) is 42.6 Å². The highest BCUT2D eigenvalue weighted by molar-refractivity contribution is 5.89. The number of aromatic nitrogens is 5. The first-order valence-electron chi connectivity index (χ1n) is 9.63. The van der Waals surface area contributed by atoms with E-state index in [9.17, 15) is 4.79 Å². The number of benzene rings is 1. The zero-order valence-corrected chi connectivity index (χ0v) is 17.1. The summed E-state index contributed by atoms with van der Waals surface area (Å²) in [7, 11) is 1.90. The minimum atomic E-state index is -0.0751. The SMILES string of the molecule is Cc1cc2nc(C)c(CCC(=O)Nc3ncc(-c4ccccc4)n3C)c(C)n2n1. The number of carbonyl (C=O) groups is 1. The van der Waals surface area contributed by atoms with Crippen LogP contribution in [0.3, 0.4) is 0 Å². The molecule has 4 rings (SSSR count). The van der Waals surface area contributed by atoms with Crippen LogP contribution in [-0.4, -0.2) is 30.1 Å². The van der Waals surface area contributed by atoms with Crippen molar-refractivity contribution in [1.82, 2.24) is 24.1 Å². The molecule has 0 saturated carbocycles. The first-order valence-corrected chi connectivity index (χ1v) is 9.63. The summed E-state index contributed by atoms with van der Waals surface area (Å²) in [5, 5.41) is 7.41. The molecule has 7 heteroatoms. The summed E-state index contributed by atoms with van der Waals surface area (Å²) in [6.45, 7) is 5.95. The van der Waals surface area contributed by atoms with Gasteiger partial charge in [0.05, 0.1) is 17.6 Å². The lowest BCUT2D eigenvalue weighted by molar-refractivity contribution is -0.116. The topological polar surface area (TPSA) is 77.1 Å². The van der Waals surface area contributed by atoms with E-state index >= 15 is 0 Å².